The van der Waals surface area contributed by atoms with Crippen LogP contribution in [-0.4, -0.2) is 23.9 Å². The molecule has 1 aliphatic heterocycles. The summed E-state index contributed by atoms with van der Waals surface area (Å²) in [5.41, 5.74) is 1.06. The third-order valence-electron chi connectivity index (χ3n) is 3.85. The summed E-state index contributed by atoms with van der Waals surface area (Å²) >= 11 is 3.43. The molecule has 1 aliphatic rings. The normalized spacial score (nSPS) is 23.5. The second-order valence-electron chi connectivity index (χ2n) is 5.37. The van der Waals surface area contributed by atoms with Crippen LogP contribution in [0.25, 0.3) is 0 Å². The Kier molecular flexibility index (Phi) is 4.18. The molecule has 2 rings (SSSR count). The van der Waals surface area contributed by atoms with Gasteiger partial charge in [0.2, 0.25) is 5.91 Å². The molecule has 1 fully saturated rings. The van der Waals surface area contributed by atoms with Crippen molar-refractivity contribution in [2.75, 3.05) is 11.4 Å². The number of nitrogens with one attached hydrogen (secondary N) is 1. The molecule has 1 aromatic rings. The third-order valence-corrected chi connectivity index (χ3v) is 4.34. The number of halogens is 1. The molecular weight excluding hydrogens is 320 g/mol. The SMILES string of the molecule is CCC1(C)NC(=O)CCN(c2ccc(Br)cc2C)C1=O. The molecule has 1 heterocycles. The topological polar surface area (TPSA) is 49.4 Å². The second-order valence-corrected chi connectivity index (χ2v) is 6.29. The minimum atomic E-state index is -0.826. The number of carbonyl (C=O) groups excluding carboxylic acids is 2. The number of aryl methyl sites for hydroxylation is 1. The number of hydrogen-bond acceptors (Lipinski definition) is 2. The van der Waals surface area contributed by atoms with Crippen LogP contribution in [0, 0.1) is 6.92 Å². The lowest BCUT2D eigenvalue weighted by molar-refractivity contribution is -0.129. The Morgan fingerprint density at radius 2 is 2.10 bits per heavy atom. The maximum Gasteiger partial charge on any atom is 0.252 e. The summed E-state index contributed by atoms with van der Waals surface area (Å²) < 4.78 is 0.980. The highest BCUT2D eigenvalue weighted by atomic mass is 79.9. The van der Waals surface area contributed by atoms with E-state index in [2.05, 4.69) is 21.2 Å². The number of anilines is 1. The van der Waals surface area contributed by atoms with Crippen LogP contribution >= 0.6 is 15.9 Å². The first-order valence-electron chi connectivity index (χ1n) is 6.76. The fourth-order valence-corrected chi connectivity index (χ4v) is 2.90. The summed E-state index contributed by atoms with van der Waals surface area (Å²) in [7, 11) is 0. The van der Waals surface area contributed by atoms with Crippen molar-refractivity contribution in [3.8, 4) is 0 Å². The van der Waals surface area contributed by atoms with Crippen LogP contribution < -0.4 is 10.2 Å². The van der Waals surface area contributed by atoms with Crippen LogP contribution in [0.15, 0.2) is 22.7 Å². The summed E-state index contributed by atoms with van der Waals surface area (Å²) in [5, 5.41) is 2.85. The first-order chi connectivity index (χ1) is 9.37. The van der Waals surface area contributed by atoms with Gasteiger partial charge in [0.25, 0.3) is 5.91 Å². The highest BCUT2D eigenvalue weighted by molar-refractivity contribution is 9.10. The molecule has 1 saturated heterocycles. The predicted molar refractivity (Wildman–Crippen MR) is 82.7 cm³/mol. The molecule has 2 amide bonds. The van der Waals surface area contributed by atoms with E-state index in [1.807, 2.05) is 32.0 Å². The van der Waals surface area contributed by atoms with Crippen molar-refractivity contribution in [2.45, 2.75) is 39.2 Å². The smallest absolute Gasteiger partial charge is 0.252 e. The standard InChI is InChI=1S/C15H19BrN2O2/c1-4-15(3)14(20)18(8-7-13(19)17-15)12-6-5-11(16)9-10(12)2/h5-6,9H,4,7-8H2,1-3H3,(H,17,19). The van der Waals surface area contributed by atoms with E-state index in [0.717, 1.165) is 15.7 Å². The van der Waals surface area contributed by atoms with Crippen LogP contribution in [0.1, 0.15) is 32.3 Å². The maximum absolute atomic E-state index is 12.8. The van der Waals surface area contributed by atoms with Crippen LogP contribution in [0.4, 0.5) is 5.69 Å². The van der Waals surface area contributed by atoms with Crippen LogP contribution in [0.2, 0.25) is 0 Å². The molecule has 0 radical (unpaired) electrons. The number of carbonyl (C=O) groups is 2. The van der Waals surface area contributed by atoms with Crippen molar-refractivity contribution in [3.05, 3.63) is 28.2 Å². The van der Waals surface area contributed by atoms with Gasteiger partial charge in [-0.3, -0.25) is 9.59 Å². The molecule has 1 aromatic carbocycles. The molecule has 0 saturated carbocycles. The zero-order chi connectivity index (χ0) is 14.9. The first-order valence-corrected chi connectivity index (χ1v) is 7.56. The van der Waals surface area contributed by atoms with Crippen molar-refractivity contribution in [1.29, 1.82) is 0 Å². The Labute approximate surface area is 127 Å². The Morgan fingerprint density at radius 1 is 1.40 bits per heavy atom. The van der Waals surface area contributed by atoms with E-state index < -0.39 is 5.54 Å². The fraction of sp³-hybridized carbons (Fsp3) is 0.467. The molecule has 108 valence electrons. The molecule has 1 atom stereocenters. The van der Waals surface area contributed by atoms with E-state index in [4.69, 9.17) is 0 Å². The molecule has 1 unspecified atom stereocenters. The van der Waals surface area contributed by atoms with E-state index in [1.54, 1.807) is 11.8 Å². The number of nitrogens with zero attached hydrogens (tertiary/aromatic N) is 1. The largest absolute Gasteiger partial charge is 0.342 e. The molecule has 1 N–H and O–H groups in total. The average molecular weight is 339 g/mol. The van der Waals surface area contributed by atoms with Gasteiger partial charge in [0.15, 0.2) is 0 Å². The zero-order valence-corrected chi connectivity index (χ0v) is 13.6. The Balaban J connectivity index is 2.44. The van der Waals surface area contributed by atoms with E-state index in [-0.39, 0.29) is 11.8 Å². The molecule has 0 spiro atoms. The van der Waals surface area contributed by atoms with Crippen molar-refractivity contribution < 1.29 is 9.59 Å². The van der Waals surface area contributed by atoms with Gasteiger partial charge in [-0.15, -0.1) is 0 Å². The fourth-order valence-electron chi connectivity index (χ4n) is 2.43. The molecule has 0 aliphatic carbocycles. The summed E-state index contributed by atoms with van der Waals surface area (Å²) in [6.45, 7) is 6.09. The summed E-state index contributed by atoms with van der Waals surface area (Å²) in [4.78, 5) is 26.3. The summed E-state index contributed by atoms with van der Waals surface area (Å²) in [5.74, 6) is -0.115. The van der Waals surface area contributed by atoms with Gasteiger partial charge in [0.05, 0.1) is 0 Å². The monoisotopic (exact) mass is 338 g/mol. The number of hydrogen-bond donors (Lipinski definition) is 1. The molecule has 0 bridgehead atoms. The van der Waals surface area contributed by atoms with Crippen molar-refractivity contribution in [2.24, 2.45) is 0 Å². The van der Waals surface area contributed by atoms with Gasteiger partial charge in [-0.2, -0.15) is 0 Å². The number of benzene rings is 1. The van der Waals surface area contributed by atoms with Crippen molar-refractivity contribution in [3.63, 3.8) is 0 Å². The van der Waals surface area contributed by atoms with Gasteiger partial charge in [-0.25, -0.2) is 0 Å². The average Bonchev–Trinajstić information content (AvgIpc) is 2.50. The van der Waals surface area contributed by atoms with Crippen molar-refractivity contribution in [1.82, 2.24) is 5.32 Å². The van der Waals surface area contributed by atoms with Gasteiger partial charge >= 0.3 is 0 Å². The van der Waals surface area contributed by atoms with Gasteiger partial charge in [0.1, 0.15) is 5.54 Å². The lowest BCUT2D eigenvalue weighted by atomic mass is 9.96. The van der Waals surface area contributed by atoms with Gasteiger partial charge in [0, 0.05) is 23.1 Å². The Hall–Kier alpha value is -1.36. The van der Waals surface area contributed by atoms with E-state index in [9.17, 15) is 9.59 Å². The summed E-state index contributed by atoms with van der Waals surface area (Å²) in [6.07, 6.45) is 0.903. The summed E-state index contributed by atoms with van der Waals surface area (Å²) in [6, 6.07) is 5.81. The molecule has 0 aromatic heterocycles. The zero-order valence-electron chi connectivity index (χ0n) is 12.0. The third kappa shape index (κ3) is 2.73. The Morgan fingerprint density at radius 3 is 2.70 bits per heavy atom. The lowest BCUT2D eigenvalue weighted by Crippen LogP contribution is -2.54. The minimum Gasteiger partial charge on any atom is -0.342 e. The van der Waals surface area contributed by atoms with E-state index in [1.165, 1.54) is 0 Å². The minimum absolute atomic E-state index is 0.0451. The Bertz CT molecular complexity index is 559. The molecular formula is C15H19BrN2O2. The van der Waals surface area contributed by atoms with Gasteiger partial charge in [-0.1, -0.05) is 22.9 Å². The lowest BCUT2D eigenvalue weighted by Gasteiger charge is -2.32. The number of rotatable bonds is 2. The van der Waals surface area contributed by atoms with Gasteiger partial charge in [-0.05, 0) is 44.0 Å². The quantitative estimate of drug-likeness (QED) is 0.901. The van der Waals surface area contributed by atoms with E-state index >= 15 is 0 Å². The highest BCUT2D eigenvalue weighted by Crippen LogP contribution is 2.28. The molecule has 4 nitrogen and oxygen atoms in total. The molecule has 20 heavy (non-hydrogen) atoms. The van der Waals surface area contributed by atoms with Crippen LogP contribution in [-0.2, 0) is 9.59 Å². The van der Waals surface area contributed by atoms with Gasteiger partial charge < -0.3 is 10.2 Å². The number of amides is 2. The van der Waals surface area contributed by atoms with Crippen LogP contribution in [0.5, 0.6) is 0 Å². The second kappa shape index (κ2) is 5.56. The maximum atomic E-state index is 12.8. The van der Waals surface area contributed by atoms with E-state index in [0.29, 0.717) is 19.4 Å². The molecule has 5 heteroatoms. The van der Waals surface area contributed by atoms with Crippen molar-refractivity contribution >= 4 is 33.4 Å². The predicted octanol–water partition coefficient (Wildman–Crippen LogP) is 2.78. The highest BCUT2D eigenvalue weighted by Gasteiger charge is 2.39. The first kappa shape index (κ1) is 15.0. The van der Waals surface area contributed by atoms with Crippen LogP contribution in [0.3, 0.4) is 0 Å².